The quantitative estimate of drug-likeness (QED) is 0.404. The van der Waals surface area contributed by atoms with Gasteiger partial charge < -0.3 is 20.1 Å². The second-order valence-corrected chi connectivity index (χ2v) is 8.21. The van der Waals surface area contributed by atoms with Gasteiger partial charge in [-0.1, -0.05) is 0 Å². The van der Waals surface area contributed by atoms with Crippen molar-refractivity contribution < 1.29 is 17.9 Å². The van der Waals surface area contributed by atoms with Crippen LogP contribution in [0.5, 0.6) is 11.5 Å². The highest BCUT2D eigenvalue weighted by atomic mass is 32.2. The highest BCUT2D eigenvalue weighted by Gasteiger charge is 2.20. The number of ether oxygens (including phenoxy) is 2. The molecule has 11 heteroatoms. The van der Waals surface area contributed by atoms with Gasteiger partial charge in [0.2, 0.25) is 10.0 Å². The van der Waals surface area contributed by atoms with Crippen LogP contribution >= 0.6 is 0 Å². The van der Waals surface area contributed by atoms with Gasteiger partial charge in [-0.2, -0.15) is 0 Å². The van der Waals surface area contributed by atoms with Crippen LogP contribution in [-0.2, 0) is 10.0 Å². The van der Waals surface area contributed by atoms with E-state index in [0.29, 0.717) is 29.7 Å². The van der Waals surface area contributed by atoms with Crippen molar-refractivity contribution in [1.82, 2.24) is 19.7 Å². The van der Waals surface area contributed by atoms with Gasteiger partial charge in [-0.15, -0.1) is 0 Å². The van der Waals surface area contributed by atoms with Crippen LogP contribution in [0, 0.1) is 6.92 Å². The third-order valence-corrected chi connectivity index (χ3v) is 5.70. The number of nitrogens with one attached hydrogen (secondary N) is 3. The van der Waals surface area contributed by atoms with Crippen LogP contribution in [0.25, 0.3) is 0 Å². The fraction of sp³-hybridized carbons (Fsp3) is 0.250. The number of pyridine rings is 1. The molecular weight excluding hydrogens is 420 g/mol. The zero-order valence-electron chi connectivity index (χ0n) is 17.4. The summed E-state index contributed by atoms with van der Waals surface area (Å²) in [6.45, 7) is 2.42. The molecule has 0 amide bonds. The van der Waals surface area contributed by atoms with Crippen molar-refractivity contribution in [1.29, 1.82) is 0 Å². The Hall–Kier alpha value is -3.44. The number of sulfonamides is 1. The van der Waals surface area contributed by atoms with Crippen LogP contribution in [-0.4, -0.2) is 50.7 Å². The maximum Gasteiger partial charge on any atom is 0.244 e. The third-order valence-electron chi connectivity index (χ3n) is 4.22. The van der Waals surface area contributed by atoms with Gasteiger partial charge in [0.25, 0.3) is 0 Å². The summed E-state index contributed by atoms with van der Waals surface area (Å²) in [6.07, 6.45) is 3.12. The Balaban J connectivity index is 1.58. The molecule has 10 nitrogen and oxygen atoms in total. The smallest absolute Gasteiger partial charge is 0.244 e. The Morgan fingerprint density at radius 3 is 2.42 bits per heavy atom. The van der Waals surface area contributed by atoms with Crippen LogP contribution in [0.2, 0.25) is 0 Å². The Morgan fingerprint density at radius 2 is 1.68 bits per heavy atom. The average molecular weight is 445 g/mol. The number of methoxy groups -OCH3 is 2. The summed E-state index contributed by atoms with van der Waals surface area (Å²) in [6, 6.07) is 10.1. The van der Waals surface area contributed by atoms with E-state index >= 15 is 0 Å². The number of anilines is 3. The predicted octanol–water partition coefficient (Wildman–Crippen LogP) is 2.33. The van der Waals surface area contributed by atoms with Crippen LogP contribution in [0.1, 0.15) is 5.56 Å². The van der Waals surface area contributed by atoms with E-state index in [4.69, 9.17) is 9.47 Å². The first-order valence-corrected chi connectivity index (χ1v) is 10.9. The Morgan fingerprint density at radius 1 is 0.903 bits per heavy atom. The van der Waals surface area contributed by atoms with Crippen molar-refractivity contribution in [2.24, 2.45) is 0 Å². The van der Waals surface area contributed by atoms with Crippen LogP contribution < -0.4 is 24.8 Å². The number of hydrogen-bond acceptors (Lipinski definition) is 9. The molecular formula is C20H24N6O4S. The first kappa shape index (κ1) is 22.2. The van der Waals surface area contributed by atoms with Crippen molar-refractivity contribution in [3.63, 3.8) is 0 Å². The molecule has 0 atom stereocenters. The van der Waals surface area contributed by atoms with Crippen LogP contribution in [0.4, 0.5) is 17.5 Å². The Bertz CT molecular complexity index is 1140. The average Bonchev–Trinajstić information content (AvgIpc) is 2.76. The molecule has 0 saturated carbocycles. The molecule has 0 radical (unpaired) electrons. The molecule has 0 aliphatic heterocycles. The fourth-order valence-corrected chi connectivity index (χ4v) is 3.92. The predicted molar refractivity (Wildman–Crippen MR) is 118 cm³/mol. The zero-order valence-corrected chi connectivity index (χ0v) is 18.2. The van der Waals surface area contributed by atoms with E-state index in [1.807, 2.05) is 19.1 Å². The second-order valence-electron chi connectivity index (χ2n) is 6.47. The number of benzene rings is 1. The molecule has 3 N–H and O–H groups in total. The normalized spacial score (nSPS) is 11.1. The lowest BCUT2D eigenvalue weighted by Crippen LogP contribution is -2.29. The lowest BCUT2D eigenvalue weighted by Gasteiger charge is -2.13. The monoisotopic (exact) mass is 444 g/mol. The van der Waals surface area contributed by atoms with Crippen molar-refractivity contribution in [3.8, 4) is 11.5 Å². The van der Waals surface area contributed by atoms with E-state index in [-0.39, 0.29) is 17.2 Å². The minimum atomic E-state index is -3.79. The number of nitrogens with zero attached hydrogens (tertiary/aromatic N) is 3. The number of rotatable bonds is 10. The molecule has 31 heavy (non-hydrogen) atoms. The number of aromatic nitrogens is 3. The molecule has 2 heterocycles. The summed E-state index contributed by atoms with van der Waals surface area (Å²) in [5.74, 6) is 2.44. The fourth-order valence-electron chi connectivity index (χ4n) is 2.71. The van der Waals surface area contributed by atoms with E-state index in [0.717, 1.165) is 5.56 Å². The summed E-state index contributed by atoms with van der Waals surface area (Å²) in [5, 5.41) is 6.17. The number of aryl methyl sites for hydroxylation is 1. The molecule has 0 fully saturated rings. The van der Waals surface area contributed by atoms with Crippen LogP contribution in [0.3, 0.4) is 0 Å². The summed E-state index contributed by atoms with van der Waals surface area (Å²) < 4.78 is 38.1. The lowest BCUT2D eigenvalue weighted by atomic mass is 10.3. The lowest BCUT2D eigenvalue weighted by molar-refractivity contribution is 0.392. The molecule has 164 valence electrons. The van der Waals surface area contributed by atoms with Gasteiger partial charge in [0.15, 0.2) is 0 Å². The molecule has 0 aliphatic carbocycles. The largest absolute Gasteiger partial charge is 0.497 e. The van der Waals surface area contributed by atoms with Gasteiger partial charge in [0, 0.05) is 31.4 Å². The van der Waals surface area contributed by atoms with Gasteiger partial charge in [-0.25, -0.2) is 28.1 Å². The second kappa shape index (κ2) is 10.0. The molecule has 0 unspecified atom stereocenters. The van der Waals surface area contributed by atoms with E-state index in [1.54, 1.807) is 24.4 Å². The molecule has 0 aliphatic rings. The van der Waals surface area contributed by atoms with Gasteiger partial charge in [-0.3, -0.25) is 0 Å². The van der Waals surface area contributed by atoms with Crippen LogP contribution in [0.15, 0.2) is 53.8 Å². The molecule has 0 spiro atoms. The van der Waals surface area contributed by atoms with Crippen molar-refractivity contribution in [3.05, 3.63) is 54.5 Å². The maximum absolute atomic E-state index is 12.7. The van der Waals surface area contributed by atoms with Crippen molar-refractivity contribution >= 4 is 27.5 Å². The van der Waals surface area contributed by atoms with Crippen molar-refractivity contribution in [2.75, 3.05) is 37.9 Å². The first-order chi connectivity index (χ1) is 14.9. The molecule has 3 rings (SSSR count). The first-order valence-electron chi connectivity index (χ1n) is 9.38. The Kier molecular flexibility index (Phi) is 7.21. The van der Waals surface area contributed by atoms with E-state index in [2.05, 4.69) is 30.3 Å². The molecule has 0 saturated heterocycles. The van der Waals surface area contributed by atoms with E-state index < -0.39 is 10.0 Å². The SMILES string of the molecule is COc1ccc(OC)c(S(=O)(=O)NCCNc2cc(Nc3cc(C)ccn3)ncn2)c1. The van der Waals surface area contributed by atoms with Gasteiger partial charge in [0.05, 0.1) is 14.2 Å². The molecule has 2 aromatic heterocycles. The molecule has 0 bridgehead atoms. The maximum atomic E-state index is 12.7. The molecule has 3 aromatic rings. The highest BCUT2D eigenvalue weighted by Crippen LogP contribution is 2.27. The molecule has 1 aromatic carbocycles. The minimum absolute atomic E-state index is 0.00790. The summed E-state index contributed by atoms with van der Waals surface area (Å²) >= 11 is 0. The minimum Gasteiger partial charge on any atom is -0.497 e. The number of hydrogen-bond donors (Lipinski definition) is 3. The highest BCUT2D eigenvalue weighted by molar-refractivity contribution is 7.89. The van der Waals surface area contributed by atoms with Gasteiger partial charge in [0.1, 0.15) is 40.2 Å². The summed E-state index contributed by atoms with van der Waals surface area (Å²) in [7, 11) is -0.912. The van der Waals surface area contributed by atoms with E-state index in [9.17, 15) is 8.42 Å². The topological polar surface area (TPSA) is 127 Å². The van der Waals surface area contributed by atoms with Gasteiger partial charge >= 0.3 is 0 Å². The Labute approximate surface area is 181 Å². The van der Waals surface area contributed by atoms with Crippen molar-refractivity contribution in [2.45, 2.75) is 11.8 Å². The summed E-state index contributed by atoms with van der Waals surface area (Å²) in [5.41, 5.74) is 1.07. The summed E-state index contributed by atoms with van der Waals surface area (Å²) in [4.78, 5) is 12.6. The standard InChI is InChI=1S/C20H24N6O4S/c1-14-6-7-21-19(10-14)26-20-12-18(23-13-24-20)22-8-9-25-31(27,28)17-11-15(29-2)4-5-16(17)30-3/h4-7,10-13,25H,8-9H2,1-3H3,(H2,21,22,23,24,26). The van der Waals surface area contributed by atoms with Gasteiger partial charge in [-0.05, 0) is 36.8 Å². The third kappa shape index (κ3) is 6.03. The van der Waals surface area contributed by atoms with E-state index in [1.165, 1.54) is 26.6 Å². The zero-order chi connectivity index (χ0) is 22.3.